The molecule has 0 spiro atoms. The molecule has 0 saturated heterocycles. The van der Waals surface area contributed by atoms with Gasteiger partial charge in [0.05, 0.1) is 17.0 Å². The highest BCUT2D eigenvalue weighted by Gasteiger charge is 2.38. The highest BCUT2D eigenvalue weighted by molar-refractivity contribution is 7.97. The predicted molar refractivity (Wildman–Crippen MR) is 88.9 cm³/mol. The number of hydrogen-bond acceptors (Lipinski definition) is 6. The molecule has 0 atom stereocenters. The van der Waals surface area contributed by atoms with E-state index in [0.29, 0.717) is 17.5 Å². The minimum absolute atomic E-state index is 0.355. The maximum atomic E-state index is 6.21. The van der Waals surface area contributed by atoms with Crippen molar-refractivity contribution in [2.24, 2.45) is 5.73 Å². The molecule has 2 N–H and O–H groups in total. The molecule has 1 aliphatic rings. The average Bonchev–Trinajstić information content (AvgIpc) is 3.11. The Hall–Kier alpha value is -1.86. The first-order valence-corrected chi connectivity index (χ1v) is 8.92. The second-order valence-electron chi connectivity index (χ2n) is 6.22. The molecule has 0 aliphatic heterocycles. The topological polar surface area (TPSA) is 82.2 Å². The number of thioether (sulfide) groups is 1. The molecule has 0 unspecified atom stereocenters. The Morgan fingerprint density at radius 2 is 2.13 bits per heavy atom. The van der Waals surface area contributed by atoms with Crippen LogP contribution in [0.25, 0.3) is 5.65 Å². The van der Waals surface area contributed by atoms with Crippen molar-refractivity contribution in [3.8, 4) is 0 Å². The normalized spacial score (nSPS) is 16.6. The molecule has 1 saturated carbocycles. The summed E-state index contributed by atoms with van der Waals surface area (Å²) in [6, 6.07) is 4.11. The zero-order chi connectivity index (χ0) is 15.9. The number of rotatable bonds is 5. The summed E-state index contributed by atoms with van der Waals surface area (Å²) in [7, 11) is 0. The van der Waals surface area contributed by atoms with Gasteiger partial charge in [-0.2, -0.15) is 4.98 Å². The number of aromatic nitrogens is 4. The van der Waals surface area contributed by atoms with Crippen LogP contribution in [-0.2, 0) is 17.0 Å². The summed E-state index contributed by atoms with van der Waals surface area (Å²) in [6.07, 6.45) is 7.18. The van der Waals surface area contributed by atoms with Crippen LogP contribution < -0.4 is 5.73 Å². The summed E-state index contributed by atoms with van der Waals surface area (Å²) in [5.41, 5.74) is 9.10. The van der Waals surface area contributed by atoms with E-state index in [0.717, 1.165) is 36.4 Å². The van der Waals surface area contributed by atoms with Crippen LogP contribution in [0, 0.1) is 6.92 Å². The lowest BCUT2D eigenvalue weighted by molar-refractivity contribution is 0.229. The van der Waals surface area contributed by atoms with Crippen LogP contribution in [0.5, 0.6) is 0 Å². The fourth-order valence-corrected chi connectivity index (χ4v) is 3.51. The van der Waals surface area contributed by atoms with E-state index in [2.05, 4.69) is 44.9 Å². The van der Waals surface area contributed by atoms with Gasteiger partial charge in [0.25, 0.3) is 0 Å². The molecule has 6 nitrogen and oxygen atoms in total. The summed E-state index contributed by atoms with van der Waals surface area (Å²) in [4.78, 5) is 9.05. The molecule has 0 aromatic carbocycles. The Morgan fingerprint density at radius 3 is 2.91 bits per heavy atom. The SMILES string of the molecule is Cc1ccc2nc(CSCc3nc(C4(N)CCC4)no3)cn2c1. The summed E-state index contributed by atoms with van der Waals surface area (Å²) in [5.74, 6) is 2.78. The van der Waals surface area contributed by atoms with Gasteiger partial charge < -0.3 is 14.7 Å². The lowest BCUT2D eigenvalue weighted by Gasteiger charge is -2.34. The van der Waals surface area contributed by atoms with Gasteiger partial charge in [-0.15, -0.1) is 11.8 Å². The minimum atomic E-state index is -0.355. The van der Waals surface area contributed by atoms with E-state index in [1.807, 2.05) is 6.07 Å². The zero-order valence-electron chi connectivity index (χ0n) is 13.0. The van der Waals surface area contributed by atoms with E-state index < -0.39 is 0 Å². The molecule has 1 aliphatic carbocycles. The monoisotopic (exact) mass is 329 g/mol. The van der Waals surface area contributed by atoms with Crippen molar-refractivity contribution >= 4 is 17.4 Å². The van der Waals surface area contributed by atoms with Crippen molar-refractivity contribution in [3.63, 3.8) is 0 Å². The number of fused-ring (bicyclic) bond motifs is 1. The van der Waals surface area contributed by atoms with Crippen molar-refractivity contribution in [1.82, 2.24) is 19.5 Å². The molecule has 3 aromatic rings. The van der Waals surface area contributed by atoms with Gasteiger partial charge in [-0.1, -0.05) is 11.2 Å². The van der Waals surface area contributed by atoms with Gasteiger partial charge in [-0.3, -0.25) is 0 Å². The largest absolute Gasteiger partial charge is 0.338 e. The fourth-order valence-electron chi connectivity index (χ4n) is 2.77. The first-order valence-electron chi connectivity index (χ1n) is 7.76. The van der Waals surface area contributed by atoms with Crippen LogP contribution in [0.4, 0.5) is 0 Å². The molecule has 1 fully saturated rings. The van der Waals surface area contributed by atoms with Gasteiger partial charge in [0.15, 0.2) is 5.82 Å². The van der Waals surface area contributed by atoms with Crippen LogP contribution >= 0.6 is 11.8 Å². The van der Waals surface area contributed by atoms with E-state index in [1.54, 1.807) is 11.8 Å². The number of pyridine rings is 1. The molecule has 0 radical (unpaired) electrons. The molecular weight excluding hydrogens is 310 g/mol. The first kappa shape index (κ1) is 14.7. The maximum Gasteiger partial charge on any atom is 0.236 e. The first-order chi connectivity index (χ1) is 11.1. The second kappa shape index (κ2) is 5.65. The maximum absolute atomic E-state index is 6.21. The van der Waals surface area contributed by atoms with Gasteiger partial charge >= 0.3 is 0 Å². The summed E-state index contributed by atoms with van der Waals surface area (Å²) < 4.78 is 7.37. The third-order valence-corrected chi connectivity index (χ3v) is 5.23. The second-order valence-corrected chi connectivity index (χ2v) is 7.20. The molecule has 7 heteroatoms. The van der Waals surface area contributed by atoms with Crippen molar-refractivity contribution in [3.05, 3.63) is 47.5 Å². The Kier molecular flexibility index (Phi) is 3.61. The smallest absolute Gasteiger partial charge is 0.236 e. The fraction of sp³-hybridized carbons (Fsp3) is 0.438. The van der Waals surface area contributed by atoms with Gasteiger partial charge in [0.1, 0.15) is 5.65 Å². The van der Waals surface area contributed by atoms with Gasteiger partial charge in [0.2, 0.25) is 5.89 Å². The van der Waals surface area contributed by atoms with E-state index in [1.165, 1.54) is 5.56 Å². The molecular formula is C16H19N5OS. The Morgan fingerprint density at radius 1 is 1.26 bits per heavy atom. The van der Waals surface area contributed by atoms with Crippen molar-refractivity contribution in [2.75, 3.05) is 0 Å². The molecule has 3 aromatic heterocycles. The molecule has 0 amide bonds. The third kappa shape index (κ3) is 2.86. The zero-order valence-corrected chi connectivity index (χ0v) is 13.8. The van der Waals surface area contributed by atoms with E-state index >= 15 is 0 Å². The van der Waals surface area contributed by atoms with Gasteiger partial charge in [0, 0.05) is 18.1 Å². The van der Waals surface area contributed by atoms with Crippen LogP contribution in [0.2, 0.25) is 0 Å². The predicted octanol–water partition coefficient (Wildman–Crippen LogP) is 2.80. The number of hydrogen-bond donors (Lipinski definition) is 1. The number of nitrogens with zero attached hydrogens (tertiary/aromatic N) is 4. The molecule has 120 valence electrons. The lowest BCUT2D eigenvalue weighted by atomic mass is 9.77. The van der Waals surface area contributed by atoms with Crippen molar-refractivity contribution < 1.29 is 4.52 Å². The minimum Gasteiger partial charge on any atom is -0.338 e. The highest BCUT2D eigenvalue weighted by Crippen LogP contribution is 2.37. The molecule has 0 bridgehead atoms. The average molecular weight is 329 g/mol. The lowest BCUT2D eigenvalue weighted by Crippen LogP contribution is -2.44. The van der Waals surface area contributed by atoms with Crippen molar-refractivity contribution in [1.29, 1.82) is 0 Å². The quantitative estimate of drug-likeness (QED) is 0.775. The van der Waals surface area contributed by atoms with E-state index in [9.17, 15) is 0 Å². The number of aryl methyl sites for hydroxylation is 1. The van der Waals surface area contributed by atoms with Crippen LogP contribution in [0.1, 0.15) is 42.2 Å². The number of nitrogens with two attached hydrogens (primary N) is 1. The molecule has 23 heavy (non-hydrogen) atoms. The standard InChI is InChI=1S/C16H19N5OS/c1-11-3-4-13-18-12(8-21(13)7-11)9-23-10-14-19-15(20-22-14)16(17)5-2-6-16/h3-4,7-8H,2,5-6,9-10,17H2,1H3. The van der Waals surface area contributed by atoms with Gasteiger partial charge in [-0.25, -0.2) is 4.98 Å². The van der Waals surface area contributed by atoms with Crippen LogP contribution in [-0.4, -0.2) is 19.5 Å². The van der Waals surface area contributed by atoms with E-state index in [4.69, 9.17) is 10.3 Å². The Bertz CT molecular complexity index is 836. The Balaban J connectivity index is 1.37. The molecule has 4 rings (SSSR count). The van der Waals surface area contributed by atoms with Crippen molar-refractivity contribution in [2.45, 2.75) is 43.2 Å². The number of imidazole rings is 1. The van der Waals surface area contributed by atoms with Crippen LogP contribution in [0.3, 0.4) is 0 Å². The summed E-state index contributed by atoms with van der Waals surface area (Å²) >= 11 is 1.72. The highest BCUT2D eigenvalue weighted by atomic mass is 32.2. The van der Waals surface area contributed by atoms with Crippen LogP contribution in [0.15, 0.2) is 29.0 Å². The summed E-state index contributed by atoms with van der Waals surface area (Å²) in [6.45, 7) is 2.08. The molecule has 3 heterocycles. The van der Waals surface area contributed by atoms with E-state index in [-0.39, 0.29) is 5.54 Å². The van der Waals surface area contributed by atoms with Gasteiger partial charge in [-0.05, 0) is 37.8 Å². The third-order valence-electron chi connectivity index (χ3n) is 4.28. The summed E-state index contributed by atoms with van der Waals surface area (Å²) in [5, 5.41) is 4.04. The Labute approximate surface area is 138 Å².